The van der Waals surface area contributed by atoms with Gasteiger partial charge in [0.15, 0.2) is 0 Å². The van der Waals surface area contributed by atoms with Crippen LogP contribution in [0.1, 0.15) is 41.4 Å². The van der Waals surface area contributed by atoms with Crippen molar-refractivity contribution >= 4 is 62.3 Å². The number of halogens is 1. The highest BCUT2D eigenvalue weighted by Crippen LogP contribution is 2.45. The van der Waals surface area contributed by atoms with Crippen LogP contribution in [0.25, 0.3) is 21.7 Å². The number of nitrogens with two attached hydrogens (primary N) is 1. The molecule has 6 rings (SSSR count). The fourth-order valence-electron chi connectivity index (χ4n) is 5.80. The zero-order valence-corrected chi connectivity index (χ0v) is 21.0. The van der Waals surface area contributed by atoms with E-state index in [1.54, 1.807) is 4.90 Å². The predicted molar refractivity (Wildman–Crippen MR) is 147 cm³/mol. The Labute approximate surface area is 214 Å². The van der Waals surface area contributed by atoms with Crippen LogP contribution < -0.4 is 20.9 Å². The van der Waals surface area contributed by atoms with Crippen molar-refractivity contribution in [3.05, 3.63) is 65.4 Å². The first-order valence-electron chi connectivity index (χ1n) is 12.3. The van der Waals surface area contributed by atoms with E-state index in [4.69, 9.17) is 17.3 Å². The van der Waals surface area contributed by atoms with Gasteiger partial charge in [0.05, 0.1) is 5.69 Å². The Kier molecular flexibility index (Phi) is 5.34. The lowest BCUT2D eigenvalue weighted by Crippen LogP contribution is -2.33. The number of nitrogens with zero attached hydrogens (tertiary/aromatic N) is 2. The van der Waals surface area contributed by atoms with Crippen LogP contribution >= 0.6 is 11.6 Å². The van der Waals surface area contributed by atoms with E-state index < -0.39 is 6.03 Å². The summed E-state index contributed by atoms with van der Waals surface area (Å²) in [7, 11) is 0. The molecule has 4 aromatic rings. The number of carbonyl (C=O) groups excluding carboxylic acids is 2. The topological polar surface area (TPSA) is 94.5 Å². The van der Waals surface area contributed by atoms with E-state index in [9.17, 15) is 9.59 Å². The number of anilines is 3. The number of H-pyrrole nitrogens is 1. The molecule has 3 amide bonds. The average molecular weight is 502 g/mol. The number of rotatable bonds is 4. The second kappa shape index (κ2) is 8.45. The number of hydrogen-bond acceptors (Lipinski definition) is 3. The molecule has 36 heavy (non-hydrogen) atoms. The molecule has 0 fully saturated rings. The second-order valence-corrected chi connectivity index (χ2v) is 10.2. The van der Waals surface area contributed by atoms with Gasteiger partial charge in [-0.1, -0.05) is 24.3 Å². The van der Waals surface area contributed by atoms with Gasteiger partial charge in [0, 0.05) is 58.6 Å². The maximum Gasteiger partial charge on any atom is 0.319 e. The maximum absolute atomic E-state index is 13.9. The van der Waals surface area contributed by atoms with Crippen molar-refractivity contribution in [3.63, 3.8) is 0 Å². The highest BCUT2D eigenvalue weighted by molar-refractivity contribution is 6.19. The fraction of sp³-hybridized carbons (Fsp3) is 0.286. The van der Waals surface area contributed by atoms with Gasteiger partial charge in [-0.25, -0.2) is 4.79 Å². The quantitative estimate of drug-likeness (QED) is 0.319. The summed E-state index contributed by atoms with van der Waals surface area (Å²) in [6.45, 7) is 5.28. The highest BCUT2D eigenvalue weighted by atomic mass is 35.5. The summed E-state index contributed by atoms with van der Waals surface area (Å²) in [5.41, 5.74) is 11.8. The SMILES string of the molecule is CC(C)Nc1cc2c(c3ccccc13)C(CCl)CN2C(=O)c1cc2c3c(ccc2[nH]1)N(C(N)=O)CC3. The van der Waals surface area contributed by atoms with Crippen LogP contribution in [0.3, 0.4) is 0 Å². The number of alkyl halides is 1. The Hall–Kier alpha value is -3.71. The molecule has 2 aliphatic heterocycles. The van der Waals surface area contributed by atoms with Crippen molar-refractivity contribution in [2.75, 3.05) is 34.1 Å². The van der Waals surface area contributed by atoms with Crippen molar-refractivity contribution in [1.82, 2.24) is 4.98 Å². The molecule has 0 aliphatic carbocycles. The third kappa shape index (κ3) is 3.41. The summed E-state index contributed by atoms with van der Waals surface area (Å²) in [5.74, 6) is 0.381. The predicted octanol–water partition coefficient (Wildman–Crippen LogP) is 5.57. The summed E-state index contributed by atoms with van der Waals surface area (Å²) < 4.78 is 0. The number of hydrogen-bond donors (Lipinski definition) is 3. The van der Waals surface area contributed by atoms with E-state index in [0.717, 1.165) is 49.9 Å². The zero-order valence-electron chi connectivity index (χ0n) is 20.3. The van der Waals surface area contributed by atoms with Gasteiger partial charge >= 0.3 is 6.03 Å². The number of fused-ring (bicyclic) bond motifs is 6. The summed E-state index contributed by atoms with van der Waals surface area (Å²) in [4.78, 5) is 32.5. The van der Waals surface area contributed by atoms with Crippen LogP contribution in [-0.4, -0.2) is 41.9 Å². The van der Waals surface area contributed by atoms with Crippen molar-refractivity contribution in [2.45, 2.75) is 32.2 Å². The summed E-state index contributed by atoms with van der Waals surface area (Å²) in [5, 5.41) is 6.76. The summed E-state index contributed by atoms with van der Waals surface area (Å²) in [6, 6.07) is 15.9. The van der Waals surface area contributed by atoms with E-state index in [-0.39, 0.29) is 17.9 Å². The Bertz CT molecular complexity index is 1540. The number of benzene rings is 3. The number of amides is 3. The van der Waals surface area contributed by atoms with E-state index in [1.165, 1.54) is 0 Å². The Balaban J connectivity index is 1.45. The largest absolute Gasteiger partial charge is 0.382 e. The van der Waals surface area contributed by atoms with Crippen LogP contribution in [0.2, 0.25) is 0 Å². The minimum atomic E-state index is -0.459. The van der Waals surface area contributed by atoms with Crippen LogP contribution in [0, 0.1) is 0 Å². The molecule has 0 saturated heterocycles. The number of aromatic nitrogens is 1. The second-order valence-electron chi connectivity index (χ2n) is 9.92. The van der Waals surface area contributed by atoms with Crippen molar-refractivity contribution < 1.29 is 9.59 Å². The maximum atomic E-state index is 13.9. The molecule has 4 N–H and O–H groups in total. The molecular weight excluding hydrogens is 474 g/mol. The average Bonchev–Trinajstić information content (AvgIpc) is 3.57. The Morgan fingerprint density at radius 3 is 2.58 bits per heavy atom. The minimum Gasteiger partial charge on any atom is -0.382 e. The molecule has 8 heteroatoms. The molecule has 2 aliphatic rings. The number of carbonyl (C=O) groups is 2. The van der Waals surface area contributed by atoms with Crippen LogP contribution in [0.5, 0.6) is 0 Å². The normalized spacial score (nSPS) is 16.7. The van der Waals surface area contributed by atoms with E-state index in [1.807, 2.05) is 35.2 Å². The van der Waals surface area contributed by atoms with Crippen molar-refractivity contribution in [2.24, 2.45) is 5.73 Å². The third-order valence-electron chi connectivity index (χ3n) is 7.31. The van der Waals surface area contributed by atoms with E-state index in [0.29, 0.717) is 31.1 Å². The smallest absolute Gasteiger partial charge is 0.319 e. The Morgan fingerprint density at radius 1 is 1.08 bits per heavy atom. The van der Waals surface area contributed by atoms with Crippen molar-refractivity contribution in [3.8, 4) is 0 Å². The molecule has 0 spiro atoms. The van der Waals surface area contributed by atoms with Gasteiger partial charge in [-0.2, -0.15) is 0 Å². The van der Waals surface area contributed by atoms with Gasteiger partial charge in [0.25, 0.3) is 5.91 Å². The van der Waals surface area contributed by atoms with Crippen LogP contribution in [-0.2, 0) is 6.42 Å². The highest BCUT2D eigenvalue weighted by Gasteiger charge is 2.36. The lowest BCUT2D eigenvalue weighted by molar-refractivity contribution is 0.0984. The van der Waals surface area contributed by atoms with Gasteiger partial charge < -0.3 is 20.9 Å². The first-order valence-corrected chi connectivity index (χ1v) is 12.8. The third-order valence-corrected chi connectivity index (χ3v) is 7.68. The molecular formula is C28H28ClN5O2. The van der Waals surface area contributed by atoms with Gasteiger partial charge in [0.1, 0.15) is 5.69 Å². The zero-order chi connectivity index (χ0) is 25.1. The molecule has 1 atom stereocenters. The molecule has 0 bridgehead atoms. The van der Waals surface area contributed by atoms with Gasteiger partial charge in [-0.15, -0.1) is 11.6 Å². The summed E-state index contributed by atoms with van der Waals surface area (Å²) in [6.07, 6.45) is 0.707. The molecule has 3 heterocycles. The van der Waals surface area contributed by atoms with Crippen molar-refractivity contribution in [1.29, 1.82) is 0 Å². The van der Waals surface area contributed by atoms with Crippen LogP contribution in [0.15, 0.2) is 48.5 Å². The van der Waals surface area contributed by atoms with Crippen LogP contribution in [0.4, 0.5) is 21.9 Å². The van der Waals surface area contributed by atoms with E-state index in [2.05, 4.69) is 42.3 Å². The molecule has 0 radical (unpaired) electrons. The first-order chi connectivity index (χ1) is 17.4. The molecule has 3 aromatic carbocycles. The molecule has 7 nitrogen and oxygen atoms in total. The van der Waals surface area contributed by atoms with E-state index >= 15 is 0 Å². The number of urea groups is 1. The van der Waals surface area contributed by atoms with Gasteiger partial charge in [-0.05, 0) is 61.0 Å². The standard InChI is InChI=1S/C28H28ClN5O2/c1-15(2)31-22-12-25-26(19-6-4-3-5-17(19)22)16(13-29)14-34(25)27(35)23-11-20-18-9-10-33(28(30)36)24(18)8-7-21(20)32-23/h3-8,11-12,15-16,31-32H,9-10,13-14H2,1-2H3,(H2,30,36). The minimum absolute atomic E-state index is 0.0429. The molecule has 184 valence electrons. The fourth-order valence-corrected chi connectivity index (χ4v) is 6.05. The monoisotopic (exact) mass is 501 g/mol. The lowest BCUT2D eigenvalue weighted by Gasteiger charge is -2.20. The number of aromatic amines is 1. The lowest BCUT2D eigenvalue weighted by atomic mass is 9.95. The number of nitrogens with one attached hydrogen (secondary N) is 2. The number of primary amides is 1. The molecule has 0 saturated carbocycles. The molecule has 1 unspecified atom stereocenters. The van der Waals surface area contributed by atoms with Gasteiger partial charge in [-0.3, -0.25) is 9.69 Å². The Morgan fingerprint density at radius 2 is 1.86 bits per heavy atom. The summed E-state index contributed by atoms with van der Waals surface area (Å²) >= 11 is 6.44. The van der Waals surface area contributed by atoms with Gasteiger partial charge in [0.2, 0.25) is 0 Å². The first kappa shape index (κ1) is 22.7. The molecule has 1 aromatic heterocycles.